The molecule has 0 saturated heterocycles. The molecule has 3 aromatic rings. The van der Waals surface area contributed by atoms with Crippen LogP contribution in [0.25, 0.3) is 23.1 Å². The minimum absolute atomic E-state index is 0.261. The van der Waals surface area contributed by atoms with Gasteiger partial charge in [0.15, 0.2) is 0 Å². The van der Waals surface area contributed by atoms with Crippen LogP contribution in [0.4, 0.5) is 0 Å². The Kier molecular flexibility index (Phi) is 4.06. The molecule has 1 heterocycles. The zero-order valence-electron chi connectivity index (χ0n) is 12.6. The Morgan fingerprint density at radius 2 is 1.91 bits per heavy atom. The van der Waals surface area contributed by atoms with Gasteiger partial charge >= 0.3 is 5.97 Å². The number of fused-ring (bicyclic) bond motifs is 1. The molecule has 0 bridgehead atoms. The minimum Gasteiger partial charge on any atom is -0.496 e. The second kappa shape index (κ2) is 6.32. The summed E-state index contributed by atoms with van der Waals surface area (Å²) in [5.74, 6) is -0.136. The van der Waals surface area contributed by atoms with E-state index < -0.39 is 5.97 Å². The Hall–Kier alpha value is -3.14. The fourth-order valence-electron chi connectivity index (χ4n) is 2.35. The van der Waals surface area contributed by atoms with Gasteiger partial charge in [-0.05, 0) is 42.5 Å². The number of para-hydroxylation sites is 1. The first-order valence-electron chi connectivity index (χ1n) is 7.12. The van der Waals surface area contributed by atoms with Gasteiger partial charge in [0.05, 0.1) is 23.9 Å². The van der Waals surface area contributed by atoms with E-state index in [1.54, 1.807) is 25.3 Å². The van der Waals surface area contributed by atoms with Gasteiger partial charge in [0, 0.05) is 10.9 Å². The molecule has 0 saturated carbocycles. The summed E-state index contributed by atoms with van der Waals surface area (Å²) in [5, 5.41) is 9.82. The van der Waals surface area contributed by atoms with E-state index in [0.717, 1.165) is 27.9 Å². The molecule has 114 valence electrons. The van der Waals surface area contributed by atoms with E-state index in [1.807, 2.05) is 48.6 Å². The average molecular weight is 305 g/mol. The van der Waals surface area contributed by atoms with E-state index in [0.29, 0.717) is 0 Å². The zero-order valence-corrected chi connectivity index (χ0v) is 12.6. The van der Waals surface area contributed by atoms with Crippen LogP contribution in [0.5, 0.6) is 5.75 Å². The van der Waals surface area contributed by atoms with Crippen LogP contribution in [-0.2, 0) is 0 Å². The lowest BCUT2D eigenvalue weighted by atomic mass is 10.1. The van der Waals surface area contributed by atoms with Crippen molar-refractivity contribution in [2.24, 2.45) is 0 Å². The van der Waals surface area contributed by atoms with E-state index in [2.05, 4.69) is 4.98 Å². The first-order chi connectivity index (χ1) is 11.2. The summed E-state index contributed by atoms with van der Waals surface area (Å²) >= 11 is 0. The molecule has 23 heavy (non-hydrogen) atoms. The van der Waals surface area contributed by atoms with Crippen LogP contribution in [0.3, 0.4) is 0 Å². The molecular weight excluding hydrogens is 290 g/mol. The van der Waals surface area contributed by atoms with Gasteiger partial charge in [-0.3, -0.25) is 0 Å². The van der Waals surface area contributed by atoms with Crippen molar-refractivity contribution in [1.29, 1.82) is 0 Å². The van der Waals surface area contributed by atoms with Crippen LogP contribution in [0.2, 0.25) is 0 Å². The van der Waals surface area contributed by atoms with E-state index in [-0.39, 0.29) is 5.56 Å². The Bertz CT molecular complexity index is 900. The molecule has 0 aliphatic rings. The highest BCUT2D eigenvalue weighted by molar-refractivity contribution is 5.93. The standard InChI is InChI=1S/C19H15NO3/c1-23-18-5-3-2-4-13(18)6-9-16-10-7-14-12-15(19(21)22)8-11-17(14)20-16/h2-12H,1H3,(H,21,22). The van der Waals surface area contributed by atoms with E-state index in [1.165, 1.54) is 0 Å². The lowest BCUT2D eigenvalue weighted by molar-refractivity contribution is 0.0697. The maximum Gasteiger partial charge on any atom is 0.335 e. The van der Waals surface area contributed by atoms with Crippen LogP contribution in [0.15, 0.2) is 54.6 Å². The number of aromatic nitrogens is 1. The molecular formula is C19H15NO3. The zero-order chi connectivity index (χ0) is 16.2. The van der Waals surface area contributed by atoms with Crippen molar-refractivity contribution >= 4 is 29.0 Å². The molecule has 3 rings (SSSR count). The fourth-order valence-corrected chi connectivity index (χ4v) is 2.35. The van der Waals surface area contributed by atoms with Crippen molar-refractivity contribution < 1.29 is 14.6 Å². The second-order valence-corrected chi connectivity index (χ2v) is 5.02. The number of benzene rings is 2. The lowest BCUT2D eigenvalue weighted by Gasteiger charge is -2.04. The maximum absolute atomic E-state index is 11.0. The highest BCUT2D eigenvalue weighted by Gasteiger charge is 2.04. The van der Waals surface area contributed by atoms with Crippen LogP contribution in [0, 0.1) is 0 Å². The summed E-state index contributed by atoms with van der Waals surface area (Å²) in [5.41, 5.74) is 2.79. The number of hydrogen-bond donors (Lipinski definition) is 1. The molecule has 0 aliphatic carbocycles. The Labute approximate surface area is 133 Å². The topological polar surface area (TPSA) is 59.4 Å². The van der Waals surface area contributed by atoms with Gasteiger partial charge in [0.2, 0.25) is 0 Å². The van der Waals surface area contributed by atoms with Crippen molar-refractivity contribution in [3.63, 3.8) is 0 Å². The van der Waals surface area contributed by atoms with Gasteiger partial charge in [0.1, 0.15) is 5.75 Å². The Balaban J connectivity index is 1.93. The first-order valence-corrected chi connectivity index (χ1v) is 7.12. The number of nitrogens with zero attached hydrogens (tertiary/aromatic N) is 1. The minimum atomic E-state index is -0.938. The molecule has 0 atom stereocenters. The SMILES string of the molecule is COc1ccccc1C=Cc1ccc2cc(C(=O)O)ccc2n1. The highest BCUT2D eigenvalue weighted by atomic mass is 16.5. The molecule has 4 nitrogen and oxygen atoms in total. The number of hydrogen-bond acceptors (Lipinski definition) is 3. The second-order valence-electron chi connectivity index (χ2n) is 5.02. The van der Waals surface area contributed by atoms with E-state index in [4.69, 9.17) is 9.84 Å². The monoisotopic (exact) mass is 305 g/mol. The molecule has 1 N–H and O–H groups in total. The molecule has 2 aromatic carbocycles. The predicted octanol–water partition coefficient (Wildman–Crippen LogP) is 4.11. The Morgan fingerprint density at radius 3 is 2.70 bits per heavy atom. The number of pyridine rings is 1. The van der Waals surface area contributed by atoms with E-state index in [9.17, 15) is 4.79 Å². The van der Waals surface area contributed by atoms with Gasteiger partial charge in [-0.15, -0.1) is 0 Å². The van der Waals surface area contributed by atoms with Crippen molar-refractivity contribution in [3.05, 3.63) is 71.4 Å². The van der Waals surface area contributed by atoms with Gasteiger partial charge in [-0.1, -0.05) is 24.3 Å². The molecule has 0 aliphatic heterocycles. The number of carboxylic acid groups (broad SMARTS) is 1. The fraction of sp³-hybridized carbons (Fsp3) is 0.0526. The molecule has 1 aromatic heterocycles. The van der Waals surface area contributed by atoms with Crippen molar-refractivity contribution in [3.8, 4) is 5.75 Å². The number of carboxylic acids is 1. The molecule has 0 amide bonds. The van der Waals surface area contributed by atoms with Gasteiger partial charge in [0.25, 0.3) is 0 Å². The van der Waals surface area contributed by atoms with Gasteiger partial charge in [-0.2, -0.15) is 0 Å². The van der Waals surface area contributed by atoms with Crippen molar-refractivity contribution in [1.82, 2.24) is 4.98 Å². The molecule has 0 spiro atoms. The highest BCUT2D eigenvalue weighted by Crippen LogP contribution is 2.21. The largest absolute Gasteiger partial charge is 0.496 e. The molecule has 0 unspecified atom stereocenters. The van der Waals surface area contributed by atoms with Crippen molar-refractivity contribution in [2.75, 3.05) is 7.11 Å². The number of methoxy groups -OCH3 is 1. The third-order valence-corrected chi connectivity index (χ3v) is 3.53. The lowest BCUT2D eigenvalue weighted by Crippen LogP contribution is -1.95. The van der Waals surface area contributed by atoms with Gasteiger partial charge in [-0.25, -0.2) is 9.78 Å². The van der Waals surface area contributed by atoms with Crippen LogP contribution in [-0.4, -0.2) is 23.2 Å². The third kappa shape index (κ3) is 3.21. The van der Waals surface area contributed by atoms with E-state index >= 15 is 0 Å². The van der Waals surface area contributed by atoms with Crippen LogP contribution >= 0.6 is 0 Å². The molecule has 0 radical (unpaired) electrons. The molecule has 0 fully saturated rings. The number of carbonyl (C=O) groups is 1. The number of ether oxygens (including phenoxy) is 1. The number of aromatic carboxylic acids is 1. The Morgan fingerprint density at radius 1 is 1.09 bits per heavy atom. The first kappa shape index (κ1) is 14.8. The summed E-state index contributed by atoms with van der Waals surface area (Å²) in [4.78, 5) is 15.5. The number of rotatable bonds is 4. The smallest absolute Gasteiger partial charge is 0.335 e. The maximum atomic E-state index is 11.0. The van der Waals surface area contributed by atoms with Crippen LogP contribution < -0.4 is 4.74 Å². The summed E-state index contributed by atoms with van der Waals surface area (Å²) < 4.78 is 5.31. The third-order valence-electron chi connectivity index (χ3n) is 3.53. The summed E-state index contributed by atoms with van der Waals surface area (Å²) in [6.45, 7) is 0. The normalized spacial score (nSPS) is 11.0. The quantitative estimate of drug-likeness (QED) is 0.788. The van der Waals surface area contributed by atoms with Gasteiger partial charge < -0.3 is 9.84 Å². The summed E-state index contributed by atoms with van der Waals surface area (Å²) in [6.07, 6.45) is 3.85. The summed E-state index contributed by atoms with van der Waals surface area (Å²) in [6, 6.07) is 16.4. The summed E-state index contributed by atoms with van der Waals surface area (Å²) in [7, 11) is 1.64. The van der Waals surface area contributed by atoms with Crippen LogP contribution in [0.1, 0.15) is 21.6 Å². The molecule has 4 heteroatoms. The predicted molar refractivity (Wildman–Crippen MR) is 90.6 cm³/mol. The van der Waals surface area contributed by atoms with Crippen molar-refractivity contribution in [2.45, 2.75) is 0 Å². The average Bonchev–Trinajstić information content (AvgIpc) is 2.59.